The number of furan rings is 1. The minimum atomic E-state index is 0.449. The Morgan fingerprint density at radius 3 is 2.76 bits per heavy atom. The van der Waals surface area contributed by atoms with Crippen molar-refractivity contribution in [2.45, 2.75) is 0 Å². The minimum absolute atomic E-state index is 0.449. The van der Waals surface area contributed by atoms with E-state index in [1.54, 1.807) is 37.2 Å². The van der Waals surface area contributed by atoms with E-state index in [9.17, 15) is 0 Å². The fraction of sp³-hybridized carbons (Fsp3) is 0.143. The van der Waals surface area contributed by atoms with E-state index in [2.05, 4.69) is 10.2 Å². The Labute approximate surface area is 125 Å². The first-order valence-electron chi connectivity index (χ1n) is 6.18. The second-order valence-electron chi connectivity index (χ2n) is 4.20. The number of methoxy groups -OCH3 is 2. The average Bonchev–Trinajstić information content (AvgIpc) is 3.15. The first-order chi connectivity index (χ1) is 10.2. The van der Waals surface area contributed by atoms with Crippen LogP contribution in [0.15, 0.2) is 41.0 Å². The van der Waals surface area contributed by atoms with Crippen LogP contribution in [-0.2, 0) is 0 Å². The molecule has 0 radical (unpaired) electrons. The normalized spacial score (nSPS) is 10.6. The number of benzene rings is 1. The van der Waals surface area contributed by atoms with Crippen molar-refractivity contribution in [3.63, 3.8) is 0 Å². The molecule has 0 saturated carbocycles. The van der Waals surface area contributed by atoms with Crippen molar-refractivity contribution in [3.8, 4) is 28.8 Å². The van der Waals surface area contributed by atoms with Gasteiger partial charge in [-0.3, -0.25) is 9.67 Å². The second-order valence-corrected chi connectivity index (χ2v) is 4.59. The largest absolute Gasteiger partial charge is 0.497 e. The summed E-state index contributed by atoms with van der Waals surface area (Å²) >= 11 is 5.31. The van der Waals surface area contributed by atoms with Gasteiger partial charge in [0.2, 0.25) is 5.82 Å². The lowest BCUT2D eigenvalue weighted by molar-refractivity contribution is 0.393. The molecule has 3 aromatic rings. The average molecular weight is 303 g/mol. The van der Waals surface area contributed by atoms with E-state index in [-0.39, 0.29) is 0 Å². The summed E-state index contributed by atoms with van der Waals surface area (Å²) < 4.78 is 18.2. The van der Waals surface area contributed by atoms with Crippen molar-refractivity contribution < 1.29 is 13.9 Å². The molecule has 0 aliphatic carbocycles. The molecule has 7 heteroatoms. The van der Waals surface area contributed by atoms with Crippen LogP contribution in [0.3, 0.4) is 0 Å². The molecule has 108 valence electrons. The summed E-state index contributed by atoms with van der Waals surface area (Å²) in [6.07, 6.45) is 1.59. The molecule has 0 fully saturated rings. The Kier molecular flexibility index (Phi) is 3.49. The lowest BCUT2D eigenvalue weighted by atomic mass is 10.2. The SMILES string of the molecule is COc1ccc(-n2c(-c3ccco3)n[nH]c2=S)c(OC)c1. The number of nitrogens with one attached hydrogen (secondary N) is 1. The highest BCUT2D eigenvalue weighted by atomic mass is 32.1. The van der Waals surface area contributed by atoms with Crippen LogP contribution in [0.4, 0.5) is 0 Å². The van der Waals surface area contributed by atoms with E-state index in [0.29, 0.717) is 27.9 Å². The Balaban J connectivity index is 2.22. The Hall–Kier alpha value is -2.54. The zero-order chi connectivity index (χ0) is 14.8. The van der Waals surface area contributed by atoms with Crippen molar-refractivity contribution in [2.24, 2.45) is 0 Å². The number of rotatable bonds is 4. The Bertz CT molecular complexity index is 805. The van der Waals surface area contributed by atoms with Crippen LogP contribution >= 0.6 is 12.2 Å². The van der Waals surface area contributed by atoms with Crippen molar-refractivity contribution in [1.82, 2.24) is 14.8 Å². The summed E-state index contributed by atoms with van der Waals surface area (Å²) in [5.74, 6) is 2.51. The van der Waals surface area contributed by atoms with Crippen molar-refractivity contribution >= 4 is 12.2 Å². The lowest BCUT2D eigenvalue weighted by Gasteiger charge is -2.12. The highest BCUT2D eigenvalue weighted by Crippen LogP contribution is 2.31. The van der Waals surface area contributed by atoms with Gasteiger partial charge in [0, 0.05) is 6.07 Å². The molecule has 0 atom stereocenters. The van der Waals surface area contributed by atoms with Crippen molar-refractivity contribution in [1.29, 1.82) is 0 Å². The number of hydrogen-bond acceptors (Lipinski definition) is 5. The minimum Gasteiger partial charge on any atom is -0.497 e. The molecule has 0 aliphatic heterocycles. The maximum atomic E-state index is 5.42. The molecule has 0 unspecified atom stereocenters. The zero-order valence-corrected chi connectivity index (χ0v) is 12.3. The molecule has 1 N–H and O–H groups in total. The van der Waals surface area contributed by atoms with Crippen LogP contribution in [0.2, 0.25) is 0 Å². The number of nitrogens with zero attached hydrogens (tertiary/aromatic N) is 2. The number of aromatic amines is 1. The molecular weight excluding hydrogens is 290 g/mol. The third-order valence-corrected chi connectivity index (χ3v) is 3.32. The zero-order valence-electron chi connectivity index (χ0n) is 11.5. The highest BCUT2D eigenvalue weighted by molar-refractivity contribution is 7.71. The standard InChI is InChI=1S/C14H13N3O3S/c1-18-9-5-6-10(12(8-9)19-2)17-13(15-16-14(17)21)11-4-3-7-20-11/h3-8H,1-2H3,(H,16,21). The smallest absolute Gasteiger partial charge is 0.203 e. The molecule has 21 heavy (non-hydrogen) atoms. The van der Waals surface area contributed by atoms with Crippen LogP contribution < -0.4 is 9.47 Å². The van der Waals surface area contributed by atoms with Gasteiger partial charge in [0.15, 0.2) is 10.5 Å². The quantitative estimate of drug-likeness (QED) is 0.750. The van der Waals surface area contributed by atoms with Gasteiger partial charge in [-0.15, -0.1) is 0 Å². The predicted octanol–water partition coefficient (Wildman–Crippen LogP) is 3.21. The Morgan fingerprint density at radius 1 is 1.24 bits per heavy atom. The summed E-state index contributed by atoms with van der Waals surface area (Å²) in [5.41, 5.74) is 0.753. The molecule has 0 saturated heterocycles. The molecular formula is C14H13N3O3S. The topological polar surface area (TPSA) is 65.2 Å². The molecule has 0 aliphatic rings. The maximum absolute atomic E-state index is 5.42. The van der Waals surface area contributed by atoms with Crippen molar-refractivity contribution in [3.05, 3.63) is 41.4 Å². The first kappa shape index (κ1) is 13.4. The fourth-order valence-corrected chi connectivity index (χ4v) is 2.29. The van der Waals surface area contributed by atoms with Gasteiger partial charge in [-0.2, -0.15) is 5.10 Å². The summed E-state index contributed by atoms with van der Waals surface area (Å²) in [6.45, 7) is 0. The molecule has 2 heterocycles. The second kappa shape index (κ2) is 5.45. The number of ether oxygens (including phenoxy) is 2. The third kappa shape index (κ3) is 2.31. The molecule has 2 aromatic heterocycles. The monoisotopic (exact) mass is 303 g/mol. The van der Waals surface area contributed by atoms with E-state index in [1.165, 1.54) is 0 Å². The number of hydrogen-bond donors (Lipinski definition) is 1. The molecule has 0 spiro atoms. The van der Waals surface area contributed by atoms with Crippen LogP contribution in [-0.4, -0.2) is 29.0 Å². The van der Waals surface area contributed by atoms with Gasteiger partial charge < -0.3 is 13.9 Å². The van der Waals surface area contributed by atoms with Crippen LogP contribution in [0.1, 0.15) is 0 Å². The number of aromatic nitrogens is 3. The highest BCUT2D eigenvalue weighted by Gasteiger charge is 2.16. The Morgan fingerprint density at radius 2 is 2.10 bits per heavy atom. The van der Waals surface area contributed by atoms with Gasteiger partial charge in [0.25, 0.3) is 0 Å². The summed E-state index contributed by atoms with van der Waals surface area (Å²) in [5, 5.41) is 6.99. The van der Waals surface area contributed by atoms with E-state index in [1.807, 2.05) is 18.2 Å². The predicted molar refractivity (Wildman–Crippen MR) is 79.6 cm³/mol. The van der Waals surface area contributed by atoms with Gasteiger partial charge >= 0.3 is 0 Å². The van der Waals surface area contributed by atoms with Crippen LogP contribution in [0.25, 0.3) is 17.3 Å². The van der Waals surface area contributed by atoms with Gasteiger partial charge in [-0.25, -0.2) is 0 Å². The molecule has 1 aromatic carbocycles. The van der Waals surface area contributed by atoms with Crippen LogP contribution in [0, 0.1) is 4.77 Å². The van der Waals surface area contributed by atoms with Gasteiger partial charge in [0.1, 0.15) is 11.5 Å². The molecule has 6 nitrogen and oxygen atoms in total. The third-order valence-electron chi connectivity index (χ3n) is 3.04. The molecule has 0 bridgehead atoms. The van der Waals surface area contributed by atoms with E-state index < -0.39 is 0 Å². The molecule has 3 rings (SSSR count). The van der Waals surface area contributed by atoms with Gasteiger partial charge in [-0.1, -0.05) is 0 Å². The first-order valence-corrected chi connectivity index (χ1v) is 6.59. The lowest BCUT2D eigenvalue weighted by Crippen LogP contribution is -2.01. The summed E-state index contributed by atoms with van der Waals surface area (Å²) in [6, 6.07) is 9.09. The maximum Gasteiger partial charge on any atom is 0.203 e. The molecule has 0 amide bonds. The van der Waals surface area contributed by atoms with Gasteiger partial charge in [-0.05, 0) is 36.5 Å². The van der Waals surface area contributed by atoms with E-state index in [0.717, 1.165) is 5.69 Å². The van der Waals surface area contributed by atoms with Crippen LogP contribution in [0.5, 0.6) is 11.5 Å². The van der Waals surface area contributed by atoms with E-state index in [4.69, 9.17) is 26.1 Å². The van der Waals surface area contributed by atoms with E-state index >= 15 is 0 Å². The van der Waals surface area contributed by atoms with Crippen molar-refractivity contribution in [2.75, 3.05) is 14.2 Å². The fourth-order valence-electron chi connectivity index (χ4n) is 2.06. The summed E-state index contributed by atoms with van der Waals surface area (Å²) in [7, 11) is 3.20. The van der Waals surface area contributed by atoms with Gasteiger partial charge in [0.05, 0.1) is 26.2 Å². The summed E-state index contributed by atoms with van der Waals surface area (Å²) in [4.78, 5) is 0. The number of H-pyrrole nitrogens is 1.